The normalized spacial score (nSPS) is 15.2. The van der Waals surface area contributed by atoms with Gasteiger partial charge in [-0.2, -0.15) is 5.10 Å². The maximum Gasteiger partial charge on any atom is 0.246 e. The van der Waals surface area contributed by atoms with Crippen LogP contribution in [0.3, 0.4) is 0 Å². The van der Waals surface area contributed by atoms with Gasteiger partial charge in [0.15, 0.2) is 5.13 Å². The molecule has 1 saturated heterocycles. The van der Waals surface area contributed by atoms with Crippen LogP contribution in [-0.2, 0) is 11.8 Å². The molecule has 0 bridgehead atoms. The van der Waals surface area contributed by atoms with Crippen molar-refractivity contribution in [2.24, 2.45) is 7.05 Å². The second-order valence-electron chi connectivity index (χ2n) is 7.25. The maximum absolute atomic E-state index is 12.4. The van der Waals surface area contributed by atoms with E-state index in [1.165, 1.54) is 0 Å². The Balaban J connectivity index is 1.31. The summed E-state index contributed by atoms with van der Waals surface area (Å²) >= 11 is 1.60. The van der Waals surface area contributed by atoms with Crippen molar-refractivity contribution in [2.75, 3.05) is 18.4 Å². The number of piperidine rings is 1. The summed E-state index contributed by atoms with van der Waals surface area (Å²) in [4.78, 5) is 23.5. The Labute approximate surface area is 174 Å². The molecule has 4 heterocycles. The highest BCUT2D eigenvalue weighted by atomic mass is 32.1. The van der Waals surface area contributed by atoms with E-state index in [9.17, 15) is 4.79 Å². The van der Waals surface area contributed by atoms with Crippen LogP contribution in [0.25, 0.3) is 6.08 Å². The Hall–Kier alpha value is -3.00. The molecule has 0 radical (unpaired) electrons. The number of likely N-dealkylation sites (tertiary alicyclic amines) is 1. The zero-order valence-electron chi connectivity index (χ0n) is 16.6. The number of anilines is 2. The monoisotopic (exact) mass is 408 g/mol. The molecule has 150 valence electrons. The van der Waals surface area contributed by atoms with E-state index in [-0.39, 0.29) is 5.91 Å². The molecular formula is C21H24N6OS. The number of hydrogen-bond acceptors (Lipinski definition) is 6. The van der Waals surface area contributed by atoms with Crippen molar-refractivity contribution in [1.82, 2.24) is 24.6 Å². The van der Waals surface area contributed by atoms with E-state index in [1.807, 2.05) is 43.3 Å². The Morgan fingerprint density at radius 1 is 1.34 bits per heavy atom. The molecule has 3 aromatic rings. The van der Waals surface area contributed by atoms with Crippen molar-refractivity contribution in [3.05, 3.63) is 59.0 Å². The summed E-state index contributed by atoms with van der Waals surface area (Å²) in [6.07, 6.45) is 10.7. The van der Waals surface area contributed by atoms with Crippen molar-refractivity contribution < 1.29 is 4.79 Å². The van der Waals surface area contributed by atoms with Gasteiger partial charge in [0.05, 0.1) is 11.9 Å². The van der Waals surface area contributed by atoms with Crippen LogP contribution in [0.2, 0.25) is 0 Å². The molecule has 1 aliphatic rings. The van der Waals surface area contributed by atoms with Crippen LogP contribution >= 0.6 is 11.3 Å². The fraction of sp³-hybridized carbons (Fsp3) is 0.333. The smallest absolute Gasteiger partial charge is 0.246 e. The molecule has 0 saturated carbocycles. The predicted molar refractivity (Wildman–Crippen MR) is 115 cm³/mol. The minimum absolute atomic E-state index is 0.0542. The molecule has 4 rings (SSSR count). The van der Waals surface area contributed by atoms with Crippen LogP contribution in [0, 0.1) is 6.92 Å². The minimum atomic E-state index is 0.0542. The number of hydrogen-bond donors (Lipinski definition) is 1. The highest BCUT2D eigenvalue weighted by Crippen LogP contribution is 2.31. The maximum atomic E-state index is 12.4. The van der Waals surface area contributed by atoms with E-state index in [0.29, 0.717) is 5.92 Å². The number of rotatable bonds is 5. The standard InChI is InChI=1S/C21H24N6OS/c1-15-4-3-9-22-20(15)25-21-24-18(14-29-21)17-7-10-27(11-8-17)19(28)6-5-16-12-23-26(2)13-16/h3-6,9,12-14,17H,7-8,10-11H2,1-2H3,(H,22,24,25)/b6-5+. The van der Waals surface area contributed by atoms with Crippen LogP contribution < -0.4 is 5.32 Å². The quantitative estimate of drug-likeness (QED) is 0.651. The van der Waals surface area contributed by atoms with E-state index < -0.39 is 0 Å². The highest BCUT2D eigenvalue weighted by Gasteiger charge is 2.24. The number of aromatic nitrogens is 4. The highest BCUT2D eigenvalue weighted by molar-refractivity contribution is 7.13. The fourth-order valence-electron chi connectivity index (χ4n) is 3.44. The lowest BCUT2D eigenvalue weighted by molar-refractivity contribution is -0.126. The molecule has 1 fully saturated rings. The van der Waals surface area contributed by atoms with Crippen molar-refractivity contribution in [2.45, 2.75) is 25.7 Å². The van der Waals surface area contributed by atoms with Gasteiger partial charge in [0, 0.05) is 55.5 Å². The molecule has 0 aromatic carbocycles. The molecule has 0 spiro atoms. The van der Waals surface area contributed by atoms with Gasteiger partial charge in [-0.05, 0) is 37.5 Å². The van der Waals surface area contributed by atoms with Crippen molar-refractivity contribution >= 4 is 34.3 Å². The first-order valence-corrected chi connectivity index (χ1v) is 10.6. The van der Waals surface area contributed by atoms with Crippen LogP contribution in [0.1, 0.15) is 35.6 Å². The third-order valence-electron chi connectivity index (χ3n) is 5.12. The number of nitrogens with zero attached hydrogens (tertiary/aromatic N) is 5. The number of carbonyl (C=O) groups is 1. The van der Waals surface area contributed by atoms with Gasteiger partial charge in [0.1, 0.15) is 5.82 Å². The van der Waals surface area contributed by atoms with Gasteiger partial charge in [0.25, 0.3) is 0 Å². The van der Waals surface area contributed by atoms with Gasteiger partial charge in [-0.1, -0.05) is 6.07 Å². The summed E-state index contributed by atoms with van der Waals surface area (Å²) in [5.74, 6) is 1.28. The minimum Gasteiger partial charge on any atom is -0.339 e. The molecule has 1 amide bonds. The third-order valence-corrected chi connectivity index (χ3v) is 5.90. The fourth-order valence-corrected chi connectivity index (χ4v) is 4.23. The van der Waals surface area contributed by atoms with E-state index in [4.69, 9.17) is 4.98 Å². The zero-order valence-corrected chi connectivity index (χ0v) is 17.4. The number of pyridine rings is 1. The van der Waals surface area contributed by atoms with Gasteiger partial charge < -0.3 is 10.2 Å². The summed E-state index contributed by atoms with van der Waals surface area (Å²) in [5, 5.41) is 10.4. The molecule has 1 N–H and O–H groups in total. The average Bonchev–Trinajstić information content (AvgIpc) is 3.37. The van der Waals surface area contributed by atoms with Crippen LogP contribution in [0.15, 0.2) is 42.2 Å². The van der Waals surface area contributed by atoms with Crippen molar-refractivity contribution in [3.63, 3.8) is 0 Å². The topological polar surface area (TPSA) is 75.9 Å². The van der Waals surface area contributed by atoms with Crippen LogP contribution in [0.4, 0.5) is 10.9 Å². The van der Waals surface area contributed by atoms with E-state index in [0.717, 1.165) is 53.7 Å². The molecule has 0 aliphatic carbocycles. The van der Waals surface area contributed by atoms with Crippen LogP contribution in [0.5, 0.6) is 0 Å². The van der Waals surface area contributed by atoms with Gasteiger partial charge in [-0.15, -0.1) is 11.3 Å². The van der Waals surface area contributed by atoms with Gasteiger partial charge in [0.2, 0.25) is 5.91 Å². The van der Waals surface area contributed by atoms with Crippen molar-refractivity contribution in [3.8, 4) is 0 Å². The molecule has 7 nitrogen and oxygen atoms in total. The van der Waals surface area contributed by atoms with Gasteiger partial charge >= 0.3 is 0 Å². The van der Waals surface area contributed by atoms with Gasteiger partial charge in [-0.25, -0.2) is 9.97 Å². The Bertz CT molecular complexity index is 1020. The molecule has 3 aromatic heterocycles. The Morgan fingerprint density at radius 3 is 2.90 bits per heavy atom. The molecule has 29 heavy (non-hydrogen) atoms. The first kappa shape index (κ1) is 19.3. The zero-order chi connectivity index (χ0) is 20.2. The number of carbonyl (C=O) groups excluding carboxylic acids is 1. The summed E-state index contributed by atoms with van der Waals surface area (Å²) in [6, 6.07) is 3.95. The van der Waals surface area contributed by atoms with Crippen LogP contribution in [-0.4, -0.2) is 43.6 Å². The largest absolute Gasteiger partial charge is 0.339 e. The number of amides is 1. The lowest BCUT2D eigenvalue weighted by Crippen LogP contribution is -2.36. The summed E-state index contributed by atoms with van der Waals surface area (Å²) < 4.78 is 1.72. The number of nitrogens with one attached hydrogen (secondary N) is 1. The summed E-state index contributed by atoms with van der Waals surface area (Å²) in [6.45, 7) is 3.53. The lowest BCUT2D eigenvalue weighted by Gasteiger charge is -2.30. The summed E-state index contributed by atoms with van der Waals surface area (Å²) in [5.41, 5.74) is 3.13. The average molecular weight is 409 g/mol. The molecule has 0 unspecified atom stereocenters. The predicted octanol–water partition coefficient (Wildman–Crippen LogP) is 3.74. The molecule has 0 atom stereocenters. The van der Waals surface area contributed by atoms with Crippen molar-refractivity contribution in [1.29, 1.82) is 0 Å². The Morgan fingerprint density at radius 2 is 2.17 bits per heavy atom. The second kappa shape index (κ2) is 8.57. The molecular weight excluding hydrogens is 384 g/mol. The molecule has 8 heteroatoms. The molecule has 1 aliphatic heterocycles. The lowest BCUT2D eigenvalue weighted by atomic mass is 9.94. The number of aryl methyl sites for hydroxylation is 2. The summed E-state index contributed by atoms with van der Waals surface area (Å²) in [7, 11) is 1.86. The van der Waals surface area contributed by atoms with Gasteiger partial charge in [-0.3, -0.25) is 9.48 Å². The SMILES string of the molecule is Cc1cccnc1Nc1nc(C2CCN(C(=O)/C=C/c3cnn(C)c3)CC2)cs1. The first-order valence-electron chi connectivity index (χ1n) is 9.68. The van der Waals surface area contributed by atoms with E-state index in [2.05, 4.69) is 20.8 Å². The van der Waals surface area contributed by atoms with E-state index in [1.54, 1.807) is 34.5 Å². The van der Waals surface area contributed by atoms with E-state index >= 15 is 0 Å². The Kier molecular flexibility index (Phi) is 5.71. The third kappa shape index (κ3) is 4.71. The second-order valence-corrected chi connectivity index (χ2v) is 8.11. The number of thiazole rings is 1. The first-order chi connectivity index (χ1) is 14.1.